The molecule has 0 radical (unpaired) electrons. The highest BCUT2D eigenvalue weighted by atomic mass is 16.5. The summed E-state index contributed by atoms with van der Waals surface area (Å²) in [5.41, 5.74) is -0.0595. The molecule has 1 aromatic carbocycles. The second-order valence-corrected chi connectivity index (χ2v) is 5.06. The van der Waals surface area contributed by atoms with Gasteiger partial charge in [0.05, 0.1) is 19.1 Å². The lowest BCUT2D eigenvalue weighted by Crippen LogP contribution is -2.43. The van der Waals surface area contributed by atoms with Crippen molar-refractivity contribution < 1.29 is 24.5 Å². The van der Waals surface area contributed by atoms with E-state index in [2.05, 4.69) is 10.6 Å². The summed E-state index contributed by atoms with van der Waals surface area (Å²) in [6, 6.07) is 4.63. The van der Waals surface area contributed by atoms with E-state index < -0.39 is 24.0 Å². The minimum Gasteiger partial charge on any atom is -0.496 e. The molecular formula is C14H20N2O5. The summed E-state index contributed by atoms with van der Waals surface area (Å²) in [5.74, 6) is -0.418. The fraction of sp³-hybridized carbons (Fsp3) is 0.429. The highest BCUT2D eigenvalue weighted by molar-refractivity contribution is 5.89. The number of amides is 2. The molecule has 1 atom stereocenters. The van der Waals surface area contributed by atoms with E-state index in [0.717, 1.165) is 5.56 Å². The first kappa shape index (κ1) is 16.8. The van der Waals surface area contributed by atoms with Crippen LogP contribution in [0.15, 0.2) is 18.2 Å². The number of urea groups is 1. The largest absolute Gasteiger partial charge is 0.496 e. The zero-order valence-electron chi connectivity index (χ0n) is 12.3. The molecule has 7 nitrogen and oxygen atoms in total. The monoisotopic (exact) mass is 296 g/mol. The zero-order valence-corrected chi connectivity index (χ0v) is 12.3. The number of hydrogen-bond donors (Lipinski definition) is 4. The predicted molar refractivity (Wildman–Crippen MR) is 77.6 cm³/mol. The van der Waals surface area contributed by atoms with Gasteiger partial charge in [-0.3, -0.25) is 4.79 Å². The molecule has 0 aromatic heterocycles. The van der Waals surface area contributed by atoms with Crippen LogP contribution in [0, 0.1) is 6.92 Å². The van der Waals surface area contributed by atoms with Crippen LogP contribution in [0.5, 0.6) is 5.75 Å². The normalized spacial score (nSPS) is 13.1. The Morgan fingerprint density at radius 2 is 2.05 bits per heavy atom. The van der Waals surface area contributed by atoms with Crippen LogP contribution in [0.25, 0.3) is 0 Å². The summed E-state index contributed by atoms with van der Waals surface area (Å²) in [5, 5.41) is 23.4. The zero-order chi connectivity index (χ0) is 16.0. The molecule has 1 unspecified atom stereocenters. The number of carboxylic acid groups (broad SMARTS) is 1. The summed E-state index contributed by atoms with van der Waals surface area (Å²) in [6.07, 6.45) is -0.449. The second-order valence-electron chi connectivity index (χ2n) is 5.06. The average molecular weight is 296 g/mol. The van der Waals surface area contributed by atoms with Crippen LogP contribution < -0.4 is 15.4 Å². The molecule has 0 aliphatic rings. The standard InChI is InChI=1S/C14H20N2O5/c1-9-6-10(4-5-11(9)21-3)16-13(19)15-8-14(2,20)7-12(17)18/h4-6,20H,7-8H2,1-3H3,(H,17,18)(H2,15,16,19). The van der Waals surface area contributed by atoms with E-state index in [-0.39, 0.29) is 6.54 Å². The molecule has 4 N–H and O–H groups in total. The fourth-order valence-corrected chi connectivity index (χ4v) is 1.79. The van der Waals surface area contributed by atoms with Gasteiger partial charge in [-0.2, -0.15) is 0 Å². The molecule has 1 rings (SSSR count). The summed E-state index contributed by atoms with van der Waals surface area (Å²) < 4.78 is 5.12. The number of methoxy groups -OCH3 is 1. The van der Waals surface area contributed by atoms with Gasteiger partial charge in [0.1, 0.15) is 5.75 Å². The van der Waals surface area contributed by atoms with Crippen molar-refractivity contribution in [3.8, 4) is 5.75 Å². The van der Waals surface area contributed by atoms with E-state index in [1.807, 2.05) is 6.92 Å². The number of anilines is 1. The lowest BCUT2D eigenvalue weighted by atomic mass is 10.0. The number of hydrogen-bond acceptors (Lipinski definition) is 4. The van der Waals surface area contributed by atoms with Crippen molar-refractivity contribution in [2.45, 2.75) is 25.9 Å². The minimum atomic E-state index is -1.50. The molecule has 21 heavy (non-hydrogen) atoms. The first-order chi connectivity index (χ1) is 9.73. The van der Waals surface area contributed by atoms with Crippen LogP contribution >= 0.6 is 0 Å². The molecule has 7 heteroatoms. The Labute approximate surface area is 122 Å². The van der Waals surface area contributed by atoms with Gasteiger partial charge in [-0.15, -0.1) is 0 Å². The molecule has 0 aliphatic carbocycles. The highest BCUT2D eigenvalue weighted by Gasteiger charge is 2.24. The number of rotatable bonds is 6. The number of carbonyl (C=O) groups excluding carboxylic acids is 1. The van der Waals surface area contributed by atoms with Gasteiger partial charge >= 0.3 is 12.0 Å². The number of aryl methyl sites for hydroxylation is 1. The Morgan fingerprint density at radius 1 is 1.38 bits per heavy atom. The number of aliphatic carboxylic acids is 1. The van der Waals surface area contributed by atoms with Crippen LogP contribution in [0.2, 0.25) is 0 Å². The number of ether oxygens (including phenoxy) is 1. The molecule has 0 spiro atoms. The van der Waals surface area contributed by atoms with Crippen LogP contribution in [0.1, 0.15) is 18.9 Å². The maximum atomic E-state index is 11.7. The van der Waals surface area contributed by atoms with Gasteiger partial charge in [-0.25, -0.2) is 4.79 Å². The maximum absolute atomic E-state index is 11.7. The quantitative estimate of drug-likeness (QED) is 0.634. The number of nitrogens with one attached hydrogen (secondary N) is 2. The van der Waals surface area contributed by atoms with Gasteiger partial charge < -0.3 is 25.6 Å². The van der Waals surface area contributed by atoms with Crippen molar-refractivity contribution >= 4 is 17.7 Å². The van der Waals surface area contributed by atoms with Crippen molar-refractivity contribution in [3.05, 3.63) is 23.8 Å². The van der Waals surface area contributed by atoms with Crippen molar-refractivity contribution in [2.24, 2.45) is 0 Å². The molecule has 0 saturated carbocycles. The van der Waals surface area contributed by atoms with Gasteiger partial charge in [-0.1, -0.05) is 0 Å². The molecule has 1 aromatic rings. The summed E-state index contributed by atoms with van der Waals surface area (Å²) in [4.78, 5) is 22.2. The first-order valence-electron chi connectivity index (χ1n) is 6.37. The number of carboxylic acids is 1. The van der Waals surface area contributed by atoms with Crippen LogP contribution in [-0.2, 0) is 4.79 Å². The molecule has 0 fully saturated rings. The lowest BCUT2D eigenvalue weighted by molar-refractivity contribution is -0.141. The Hall–Kier alpha value is -2.28. The first-order valence-corrected chi connectivity index (χ1v) is 6.37. The fourth-order valence-electron chi connectivity index (χ4n) is 1.79. The van der Waals surface area contributed by atoms with Gasteiger partial charge in [-0.05, 0) is 37.6 Å². The molecule has 0 aliphatic heterocycles. The van der Waals surface area contributed by atoms with E-state index in [4.69, 9.17) is 9.84 Å². The van der Waals surface area contributed by atoms with E-state index in [1.54, 1.807) is 25.3 Å². The van der Waals surface area contributed by atoms with Crippen LogP contribution in [-0.4, -0.2) is 41.5 Å². The highest BCUT2D eigenvalue weighted by Crippen LogP contribution is 2.21. The Balaban J connectivity index is 2.54. The molecule has 0 bridgehead atoms. The minimum absolute atomic E-state index is 0.166. The van der Waals surface area contributed by atoms with Gasteiger partial charge in [0.2, 0.25) is 0 Å². The van der Waals surface area contributed by atoms with Crippen LogP contribution in [0.4, 0.5) is 10.5 Å². The van der Waals surface area contributed by atoms with Crippen LogP contribution in [0.3, 0.4) is 0 Å². The smallest absolute Gasteiger partial charge is 0.319 e. The predicted octanol–water partition coefficient (Wildman–Crippen LogP) is 1.35. The average Bonchev–Trinajstić information content (AvgIpc) is 2.35. The summed E-state index contributed by atoms with van der Waals surface area (Å²) in [7, 11) is 1.56. The number of benzene rings is 1. The molecular weight excluding hydrogens is 276 g/mol. The number of aliphatic hydroxyl groups is 1. The third-order valence-corrected chi connectivity index (χ3v) is 2.81. The summed E-state index contributed by atoms with van der Waals surface area (Å²) >= 11 is 0. The van der Waals surface area contributed by atoms with E-state index >= 15 is 0 Å². The van der Waals surface area contributed by atoms with E-state index in [1.165, 1.54) is 6.92 Å². The molecule has 0 heterocycles. The summed E-state index contributed by atoms with van der Waals surface area (Å²) in [6.45, 7) is 3.03. The molecule has 2 amide bonds. The second kappa shape index (κ2) is 6.94. The van der Waals surface area contributed by atoms with Gasteiger partial charge in [0.15, 0.2) is 0 Å². The van der Waals surface area contributed by atoms with Gasteiger partial charge in [0, 0.05) is 12.2 Å². The van der Waals surface area contributed by atoms with Crippen molar-refractivity contribution in [1.82, 2.24) is 5.32 Å². The van der Waals surface area contributed by atoms with E-state index in [0.29, 0.717) is 11.4 Å². The topological polar surface area (TPSA) is 108 Å². The maximum Gasteiger partial charge on any atom is 0.319 e. The van der Waals surface area contributed by atoms with Gasteiger partial charge in [0.25, 0.3) is 0 Å². The molecule has 116 valence electrons. The lowest BCUT2D eigenvalue weighted by Gasteiger charge is -2.21. The van der Waals surface area contributed by atoms with Crippen molar-refractivity contribution in [2.75, 3.05) is 19.0 Å². The third-order valence-electron chi connectivity index (χ3n) is 2.81. The Bertz CT molecular complexity index is 528. The Morgan fingerprint density at radius 3 is 2.57 bits per heavy atom. The molecule has 0 saturated heterocycles. The van der Waals surface area contributed by atoms with Crippen molar-refractivity contribution in [3.63, 3.8) is 0 Å². The number of carbonyl (C=O) groups is 2. The Kier molecular flexibility index (Phi) is 5.54. The third kappa shape index (κ3) is 5.70. The van der Waals surface area contributed by atoms with E-state index in [9.17, 15) is 14.7 Å². The van der Waals surface area contributed by atoms with Crippen molar-refractivity contribution in [1.29, 1.82) is 0 Å². The SMILES string of the molecule is COc1ccc(NC(=O)NCC(C)(O)CC(=O)O)cc1C.